The van der Waals surface area contributed by atoms with E-state index in [-0.39, 0.29) is 18.6 Å². The molecule has 0 bridgehead atoms. The van der Waals surface area contributed by atoms with Gasteiger partial charge in [-0.15, -0.1) is 0 Å². The van der Waals surface area contributed by atoms with E-state index in [9.17, 15) is 9.59 Å². The van der Waals surface area contributed by atoms with Gasteiger partial charge in [0.2, 0.25) is 5.91 Å². The molecule has 1 atom stereocenters. The number of anilines is 1. The molecule has 0 heterocycles. The van der Waals surface area contributed by atoms with E-state index < -0.39 is 5.91 Å². The maximum Gasteiger partial charge on any atom is 0.255 e. The van der Waals surface area contributed by atoms with Crippen LogP contribution in [0.3, 0.4) is 0 Å². The molecule has 1 aromatic rings. The summed E-state index contributed by atoms with van der Waals surface area (Å²) in [6.07, 6.45) is 0. The third-order valence-electron chi connectivity index (χ3n) is 2.31. The summed E-state index contributed by atoms with van der Waals surface area (Å²) in [4.78, 5) is 22.2. The molecular formula is C12H17N3O3. The highest BCUT2D eigenvalue weighted by molar-refractivity contribution is 5.94. The molecular weight excluding hydrogens is 234 g/mol. The van der Waals surface area contributed by atoms with Crippen molar-refractivity contribution in [3.63, 3.8) is 0 Å². The van der Waals surface area contributed by atoms with Gasteiger partial charge in [0.25, 0.3) is 5.91 Å². The highest BCUT2D eigenvalue weighted by atomic mass is 16.5. The zero-order valence-corrected chi connectivity index (χ0v) is 10.4. The van der Waals surface area contributed by atoms with Crippen LogP contribution in [0, 0.1) is 0 Å². The van der Waals surface area contributed by atoms with E-state index >= 15 is 0 Å². The fourth-order valence-corrected chi connectivity index (χ4v) is 1.20. The van der Waals surface area contributed by atoms with Crippen molar-refractivity contribution in [2.75, 3.05) is 19.0 Å². The highest BCUT2D eigenvalue weighted by Gasteiger charge is 2.10. The van der Waals surface area contributed by atoms with Gasteiger partial charge in [-0.3, -0.25) is 9.59 Å². The summed E-state index contributed by atoms with van der Waals surface area (Å²) < 4.78 is 5.13. The largest absolute Gasteiger partial charge is 0.484 e. The molecule has 0 spiro atoms. The Morgan fingerprint density at radius 3 is 2.78 bits per heavy atom. The van der Waals surface area contributed by atoms with Crippen LogP contribution in [0.25, 0.3) is 0 Å². The van der Waals surface area contributed by atoms with Gasteiger partial charge in [-0.05, 0) is 26.1 Å². The molecule has 0 saturated heterocycles. The first-order chi connectivity index (χ1) is 8.52. The minimum absolute atomic E-state index is 0.149. The van der Waals surface area contributed by atoms with Gasteiger partial charge in [-0.25, -0.2) is 0 Å². The molecule has 0 aliphatic heterocycles. The molecule has 1 rings (SSSR count). The topological polar surface area (TPSA) is 93.4 Å². The van der Waals surface area contributed by atoms with Crippen LogP contribution in [0.15, 0.2) is 24.3 Å². The molecule has 18 heavy (non-hydrogen) atoms. The van der Waals surface area contributed by atoms with E-state index in [0.717, 1.165) is 0 Å². The van der Waals surface area contributed by atoms with Gasteiger partial charge in [0.15, 0.2) is 6.61 Å². The van der Waals surface area contributed by atoms with Crippen molar-refractivity contribution in [1.82, 2.24) is 5.32 Å². The monoisotopic (exact) mass is 251 g/mol. The quantitative estimate of drug-likeness (QED) is 0.668. The zero-order valence-electron chi connectivity index (χ0n) is 10.4. The summed E-state index contributed by atoms with van der Waals surface area (Å²) >= 11 is 0. The fraction of sp³-hybridized carbons (Fsp3) is 0.333. The van der Waals surface area contributed by atoms with E-state index in [1.165, 1.54) is 0 Å². The van der Waals surface area contributed by atoms with E-state index in [1.54, 1.807) is 38.2 Å². The van der Waals surface area contributed by atoms with Crippen molar-refractivity contribution in [1.29, 1.82) is 0 Å². The first-order valence-corrected chi connectivity index (χ1v) is 5.52. The summed E-state index contributed by atoms with van der Waals surface area (Å²) in [5.74, 6) is -0.221. The minimum atomic E-state index is -0.548. The van der Waals surface area contributed by atoms with Gasteiger partial charge in [0, 0.05) is 11.8 Å². The van der Waals surface area contributed by atoms with Crippen molar-refractivity contribution in [2.24, 2.45) is 5.73 Å². The summed E-state index contributed by atoms with van der Waals surface area (Å²) in [6.45, 7) is 1.56. The zero-order chi connectivity index (χ0) is 13.5. The average molecular weight is 251 g/mol. The van der Waals surface area contributed by atoms with Gasteiger partial charge in [0.1, 0.15) is 5.75 Å². The second-order valence-electron chi connectivity index (χ2n) is 3.78. The minimum Gasteiger partial charge on any atom is -0.484 e. The maximum absolute atomic E-state index is 11.6. The number of carbonyl (C=O) groups is 2. The summed E-state index contributed by atoms with van der Waals surface area (Å²) in [7, 11) is 1.71. The lowest BCUT2D eigenvalue weighted by Crippen LogP contribution is -2.35. The lowest BCUT2D eigenvalue weighted by atomic mass is 10.2. The van der Waals surface area contributed by atoms with Gasteiger partial charge in [-0.1, -0.05) is 6.07 Å². The van der Waals surface area contributed by atoms with Crippen LogP contribution in [0.2, 0.25) is 0 Å². The number of hydrogen-bond acceptors (Lipinski definition) is 4. The Morgan fingerprint density at radius 2 is 2.17 bits per heavy atom. The van der Waals surface area contributed by atoms with Crippen LogP contribution in [0.1, 0.15) is 6.92 Å². The Morgan fingerprint density at radius 1 is 1.44 bits per heavy atom. The Kier molecular flexibility index (Phi) is 5.13. The molecule has 6 nitrogen and oxygen atoms in total. The SMILES string of the molecule is CNC(C)C(=O)Nc1cccc(OCC(N)=O)c1. The number of nitrogens with one attached hydrogen (secondary N) is 2. The smallest absolute Gasteiger partial charge is 0.255 e. The molecule has 0 fully saturated rings. The van der Waals surface area contributed by atoms with Crippen LogP contribution in [-0.4, -0.2) is 31.5 Å². The average Bonchev–Trinajstić information content (AvgIpc) is 2.35. The standard InChI is InChI=1S/C12H17N3O3/c1-8(14-2)12(17)15-9-4-3-5-10(6-9)18-7-11(13)16/h3-6,8,14H,7H2,1-2H3,(H2,13,16)(H,15,17). The molecule has 1 aromatic carbocycles. The molecule has 98 valence electrons. The molecule has 6 heteroatoms. The lowest BCUT2D eigenvalue weighted by molar-refractivity contribution is -0.120. The second-order valence-corrected chi connectivity index (χ2v) is 3.78. The van der Waals surface area contributed by atoms with Crippen molar-refractivity contribution < 1.29 is 14.3 Å². The number of amides is 2. The summed E-state index contributed by atoms with van der Waals surface area (Å²) in [6, 6.07) is 6.47. The van der Waals surface area contributed by atoms with E-state index in [4.69, 9.17) is 10.5 Å². The van der Waals surface area contributed by atoms with Gasteiger partial charge in [0.05, 0.1) is 6.04 Å². The van der Waals surface area contributed by atoms with Gasteiger partial charge in [-0.2, -0.15) is 0 Å². The third-order valence-corrected chi connectivity index (χ3v) is 2.31. The van der Waals surface area contributed by atoms with Crippen LogP contribution >= 0.6 is 0 Å². The van der Waals surface area contributed by atoms with E-state index in [2.05, 4.69) is 10.6 Å². The number of carbonyl (C=O) groups excluding carboxylic acids is 2. The predicted octanol–water partition coefficient (Wildman–Crippen LogP) is 0.0971. The van der Waals surface area contributed by atoms with Crippen molar-refractivity contribution in [3.05, 3.63) is 24.3 Å². The number of primary amides is 1. The molecule has 0 aliphatic rings. The van der Waals surface area contributed by atoms with Gasteiger partial charge >= 0.3 is 0 Å². The Labute approximate surface area is 105 Å². The Bertz CT molecular complexity index is 434. The van der Waals surface area contributed by atoms with Crippen molar-refractivity contribution in [3.8, 4) is 5.75 Å². The van der Waals surface area contributed by atoms with Crippen LogP contribution < -0.4 is 21.1 Å². The normalized spacial score (nSPS) is 11.7. The predicted molar refractivity (Wildman–Crippen MR) is 68.3 cm³/mol. The Balaban J connectivity index is 2.64. The summed E-state index contributed by atoms with van der Waals surface area (Å²) in [5, 5.41) is 5.56. The van der Waals surface area contributed by atoms with Crippen molar-refractivity contribution >= 4 is 17.5 Å². The first-order valence-electron chi connectivity index (χ1n) is 5.52. The molecule has 0 radical (unpaired) electrons. The highest BCUT2D eigenvalue weighted by Crippen LogP contribution is 2.17. The number of ether oxygens (including phenoxy) is 1. The number of benzene rings is 1. The third kappa shape index (κ3) is 4.42. The molecule has 0 saturated carbocycles. The van der Waals surface area contributed by atoms with Crippen LogP contribution in [0.5, 0.6) is 5.75 Å². The molecule has 4 N–H and O–H groups in total. The van der Waals surface area contributed by atoms with E-state index in [1.807, 2.05) is 0 Å². The fourth-order valence-electron chi connectivity index (χ4n) is 1.20. The van der Waals surface area contributed by atoms with Crippen LogP contribution in [-0.2, 0) is 9.59 Å². The van der Waals surface area contributed by atoms with Gasteiger partial charge < -0.3 is 21.1 Å². The first kappa shape index (κ1) is 14.0. The molecule has 0 aromatic heterocycles. The van der Waals surface area contributed by atoms with E-state index in [0.29, 0.717) is 11.4 Å². The Hall–Kier alpha value is -2.08. The van der Waals surface area contributed by atoms with Crippen molar-refractivity contribution in [2.45, 2.75) is 13.0 Å². The molecule has 0 aliphatic carbocycles. The number of nitrogens with two attached hydrogens (primary N) is 1. The number of rotatable bonds is 6. The lowest BCUT2D eigenvalue weighted by Gasteiger charge is -2.12. The second kappa shape index (κ2) is 6.61. The molecule has 1 unspecified atom stereocenters. The molecule has 2 amide bonds. The number of likely N-dealkylation sites (N-methyl/N-ethyl adjacent to an activating group) is 1. The number of hydrogen-bond donors (Lipinski definition) is 3. The maximum atomic E-state index is 11.6. The summed E-state index contributed by atoms with van der Waals surface area (Å²) in [5.41, 5.74) is 5.58. The van der Waals surface area contributed by atoms with Crippen LogP contribution in [0.4, 0.5) is 5.69 Å².